The fourth-order valence-electron chi connectivity index (χ4n) is 5.84. The molecule has 35 heavy (non-hydrogen) atoms. The lowest BCUT2D eigenvalue weighted by atomic mass is 9.77. The lowest BCUT2D eigenvalue weighted by Crippen LogP contribution is -2.57. The van der Waals surface area contributed by atoms with Gasteiger partial charge in [-0.25, -0.2) is 4.39 Å². The zero-order valence-electron chi connectivity index (χ0n) is 19.6. The quantitative estimate of drug-likeness (QED) is 0.561. The lowest BCUT2D eigenvalue weighted by molar-refractivity contribution is -0.133. The number of nitrogens with zero attached hydrogens (tertiary/aromatic N) is 3. The summed E-state index contributed by atoms with van der Waals surface area (Å²) in [5, 5.41) is 11.5. The Morgan fingerprint density at radius 1 is 1.17 bits per heavy atom. The highest BCUT2D eigenvalue weighted by Gasteiger charge is 2.38. The normalized spacial score (nSPS) is 25.9. The molecule has 0 spiro atoms. The van der Waals surface area contributed by atoms with Crippen molar-refractivity contribution in [3.8, 4) is 0 Å². The van der Waals surface area contributed by atoms with Crippen LogP contribution < -0.4 is 10.2 Å². The van der Waals surface area contributed by atoms with E-state index in [-0.39, 0.29) is 24.0 Å². The van der Waals surface area contributed by atoms with Crippen LogP contribution in [0.1, 0.15) is 54.4 Å². The Morgan fingerprint density at radius 3 is 2.74 bits per heavy atom. The Labute approximate surface area is 203 Å². The Bertz CT molecular complexity index is 1310. The number of benzene rings is 1. The minimum absolute atomic E-state index is 0.162. The summed E-state index contributed by atoms with van der Waals surface area (Å²) < 4.78 is 20.5. The second-order valence-corrected chi connectivity index (χ2v) is 10.2. The fourth-order valence-corrected chi connectivity index (χ4v) is 5.84. The molecule has 5 heterocycles. The van der Waals surface area contributed by atoms with Crippen molar-refractivity contribution in [2.45, 2.75) is 50.7 Å². The van der Waals surface area contributed by atoms with Crippen molar-refractivity contribution in [1.29, 1.82) is 5.41 Å². The van der Waals surface area contributed by atoms with Gasteiger partial charge >= 0.3 is 0 Å². The standard InChI is InChI=1S/C27H28FN5O2/c1-15-6-16(8-17(29)7-15)21-4-5-30-12-25(21)32-27(34)22-2-3-24(28)23-9-18(11-31-26(22)23)33-13-19-10-20(14-33)35-19/h2-5,9,11-12,15-16,19-20,29H,6-8,10,13-14H2,1H3,(H,32,34)/t15-,16+,19?,20?/m0/s1. The number of halogens is 1. The van der Waals surface area contributed by atoms with Gasteiger partial charge in [-0.15, -0.1) is 0 Å². The minimum Gasteiger partial charge on any atom is -0.371 e. The predicted octanol–water partition coefficient (Wildman–Crippen LogP) is 4.92. The van der Waals surface area contributed by atoms with Crippen molar-refractivity contribution >= 4 is 33.9 Å². The molecule has 2 N–H and O–H groups in total. The fraction of sp³-hybridized carbons (Fsp3) is 0.407. The van der Waals surface area contributed by atoms with E-state index in [9.17, 15) is 9.18 Å². The Balaban J connectivity index is 1.29. The maximum atomic E-state index is 14.8. The number of carbonyl (C=O) groups is 1. The highest BCUT2D eigenvalue weighted by molar-refractivity contribution is 6.12. The van der Waals surface area contributed by atoms with Crippen LogP contribution in [0.2, 0.25) is 0 Å². The molecule has 7 rings (SSSR count). The average molecular weight is 474 g/mol. The van der Waals surface area contributed by atoms with E-state index in [4.69, 9.17) is 10.1 Å². The molecule has 2 unspecified atom stereocenters. The summed E-state index contributed by atoms with van der Waals surface area (Å²) in [5.74, 6) is -0.165. The van der Waals surface area contributed by atoms with E-state index >= 15 is 0 Å². The molecule has 2 bridgehead atoms. The Kier molecular flexibility index (Phi) is 5.48. The van der Waals surface area contributed by atoms with Crippen molar-refractivity contribution < 1.29 is 13.9 Å². The van der Waals surface area contributed by atoms with Gasteiger partial charge in [0.25, 0.3) is 5.91 Å². The summed E-state index contributed by atoms with van der Waals surface area (Å²) in [6, 6.07) is 6.52. The van der Waals surface area contributed by atoms with Gasteiger partial charge in [0.2, 0.25) is 0 Å². The van der Waals surface area contributed by atoms with Crippen LogP contribution in [-0.2, 0) is 4.74 Å². The first-order valence-corrected chi connectivity index (χ1v) is 12.2. The molecule has 0 radical (unpaired) electrons. The molecule has 3 saturated heterocycles. The number of hydrogen-bond acceptors (Lipinski definition) is 6. The molecule has 4 fully saturated rings. The van der Waals surface area contributed by atoms with Crippen LogP contribution in [0.5, 0.6) is 0 Å². The number of aromatic nitrogens is 2. The largest absolute Gasteiger partial charge is 0.371 e. The molecular formula is C27H28FN5O2. The first-order valence-electron chi connectivity index (χ1n) is 12.2. The number of morpholine rings is 1. The summed E-state index contributed by atoms with van der Waals surface area (Å²) >= 11 is 0. The third kappa shape index (κ3) is 4.16. The SMILES string of the molecule is C[C@@H]1CC(=N)C[C@H](c2ccncc2NC(=O)c2ccc(F)c3cc(N4CC5CC(C4)O5)cnc23)C1. The number of pyridine rings is 2. The zero-order valence-corrected chi connectivity index (χ0v) is 19.6. The minimum atomic E-state index is -0.402. The monoisotopic (exact) mass is 473 g/mol. The number of amides is 1. The van der Waals surface area contributed by atoms with Crippen LogP contribution >= 0.6 is 0 Å². The molecule has 2 aromatic heterocycles. The maximum Gasteiger partial charge on any atom is 0.257 e. The molecule has 3 aromatic rings. The van der Waals surface area contributed by atoms with Gasteiger partial charge in [0.1, 0.15) is 5.82 Å². The van der Waals surface area contributed by atoms with Gasteiger partial charge in [-0.05, 0) is 60.9 Å². The molecule has 7 nitrogen and oxygen atoms in total. The first kappa shape index (κ1) is 22.1. The molecule has 4 atom stereocenters. The second-order valence-electron chi connectivity index (χ2n) is 10.2. The van der Waals surface area contributed by atoms with Gasteiger partial charge in [0.05, 0.1) is 47.1 Å². The smallest absolute Gasteiger partial charge is 0.257 e. The molecule has 1 amide bonds. The average Bonchev–Trinajstić information content (AvgIpc) is 2.83. The predicted molar refractivity (Wildman–Crippen MR) is 133 cm³/mol. The number of carbonyl (C=O) groups excluding carboxylic acids is 1. The summed E-state index contributed by atoms with van der Waals surface area (Å²) in [4.78, 5) is 24.3. The maximum absolute atomic E-state index is 14.8. The van der Waals surface area contributed by atoms with Crippen LogP contribution in [0.25, 0.3) is 10.9 Å². The van der Waals surface area contributed by atoms with Crippen molar-refractivity contribution in [3.63, 3.8) is 0 Å². The third-order valence-electron chi connectivity index (χ3n) is 7.47. The van der Waals surface area contributed by atoms with Crippen molar-refractivity contribution in [3.05, 3.63) is 59.8 Å². The van der Waals surface area contributed by atoms with Crippen molar-refractivity contribution in [2.24, 2.45) is 5.92 Å². The summed E-state index contributed by atoms with van der Waals surface area (Å²) in [6.07, 6.45) is 9.10. The number of hydrogen-bond donors (Lipinski definition) is 2. The van der Waals surface area contributed by atoms with Crippen LogP contribution in [0.15, 0.2) is 42.9 Å². The van der Waals surface area contributed by atoms with Crippen molar-refractivity contribution in [1.82, 2.24) is 9.97 Å². The summed E-state index contributed by atoms with van der Waals surface area (Å²) in [7, 11) is 0. The van der Waals surface area contributed by atoms with Crippen molar-refractivity contribution in [2.75, 3.05) is 23.3 Å². The van der Waals surface area contributed by atoms with E-state index in [0.29, 0.717) is 34.5 Å². The summed E-state index contributed by atoms with van der Waals surface area (Å²) in [6.45, 7) is 3.70. The number of anilines is 2. The molecule has 8 heteroatoms. The Morgan fingerprint density at radius 2 is 1.97 bits per heavy atom. The van der Waals surface area contributed by atoms with Gasteiger partial charge in [-0.3, -0.25) is 14.8 Å². The number of ether oxygens (including phenoxy) is 1. The first-order chi connectivity index (χ1) is 16.9. The molecule has 1 aliphatic carbocycles. The molecule has 4 aliphatic rings. The zero-order chi connectivity index (χ0) is 24.1. The van der Waals surface area contributed by atoms with Gasteiger partial charge < -0.3 is 20.4 Å². The number of rotatable bonds is 4. The van der Waals surface area contributed by atoms with Crippen LogP contribution in [0.4, 0.5) is 15.8 Å². The molecule has 180 valence electrons. The number of piperidine rings is 1. The van der Waals surface area contributed by atoms with E-state index in [1.54, 1.807) is 24.7 Å². The molecule has 3 aliphatic heterocycles. The highest BCUT2D eigenvalue weighted by atomic mass is 19.1. The lowest BCUT2D eigenvalue weighted by Gasteiger charge is -2.47. The van der Waals surface area contributed by atoms with Gasteiger partial charge in [-0.1, -0.05) is 6.92 Å². The van der Waals surface area contributed by atoms with E-state index in [0.717, 1.165) is 49.3 Å². The van der Waals surface area contributed by atoms with E-state index < -0.39 is 5.82 Å². The highest BCUT2D eigenvalue weighted by Crippen LogP contribution is 2.38. The van der Waals surface area contributed by atoms with Gasteiger partial charge in [0, 0.05) is 36.8 Å². The topological polar surface area (TPSA) is 91.2 Å². The van der Waals surface area contributed by atoms with Crippen LogP contribution in [-0.4, -0.2) is 46.9 Å². The second kappa shape index (κ2) is 8.68. The van der Waals surface area contributed by atoms with Gasteiger partial charge in [0.15, 0.2) is 0 Å². The number of fused-ring (bicyclic) bond motifs is 3. The third-order valence-corrected chi connectivity index (χ3v) is 7.47. The molecule has 1 saturated carbocycles. The molecule has 1 aromatic carbocycles. The number of nitrogens with one attached hydrogen (secondary N) is 2. The molecular weight excluding hydrogens is 445 g/mol. The van der Waals surface area contributed by atoms with Crippen LogP contribution in [0, 0.1) is 17.1 Å². The summed E-state index contributed by atoms with van der Waals surface area (Å²) in [5.41, 5.74) is 3.85. The van der Waals surface area contributed by atoms with E-state index in [2.05, 4.69) is 27.1 Å². The Hall–Kier alpha value is -3.39. The van der Waals surface area contributed by atoms with Crippen LogP contribution in [0.3, 0.4) is 0 Å². The van der Waals surface area contributed by atoms with Gasteiger partial charge in [-0.2, -0.15) is 0 Å². The van der Waals surface area contributed by atoms with E-state index in [1.165, 1.54) is 12.1 Å². The van der Waals surface area contributed by atoms with E-state index in [1.807, 2.05) is 6.07 Å².